The van der Waals surface area contributed by atoms with E-state index in [9.17, 15) is 19.0 Å². The van der Waals surface area contributed by atoms with E-state index >= 15 is 0 Å². The van der Waals surface area contributed by atoms with E-state index in [1.165, 1.54) is 128 Å². The summed E-state index contributed by atoms with van der Waals surface area (Å²) in [6, 6.07) is 0. The maximum atomic E-state index is 12.7. The Kier molecular flexibility index (Phi) is 44.9. The van der Waals surface area contributed by atoms with Crippen molar-refractivity contribution in [1.29, 1.82) is 0 Å². The fourth-order valence-corrected chi connectivity index (χ4v) is 7.46. The van der Waals surface area contributed by atoms with Gasteiger partial charge >= 0.3 is 19.8 Å². The molecule has 0 radical (unpaired) electrons. The predicted octanol–water partition coefficient (Wildman–Crippen LogP) is 14.5. The summed E-state index contributed by atoms with van der Waals surface area (Å²) in [6.07, 6.45) is 53.0. The van der Waals surface area contributed by atoms with Gasteiger partial charge in [-0.1, -0.05) is 197 Å². The lowest BCUT2D eigenvalue weighted by Gasteiger charge is -2.20. The van der Waals surface area contributed by atoms with Crippen molar-refractivity contribution in [2.75, 3.05) is 33.4 Å². The number of hydrogen-bond donors (Lipinski definition) is 2. The van der Waals surface area contributed by atoms with Crippen LogP contribution < -0.4 is 5.32 Å². The van der Waals surface area contributed by atoms with E-state index in [2.05, 4.69) is 67.8 Å². The summed E-state index contributed by atoms with van der Waals surface area (Å²) in [5.74, 6) is -0.836. The van der Waals surface area contributed by atoms with Crippen molar-refractivity contribution in [3.05, 3.63) is 48.6 Å². The molecule has 0 spiro atoms. The summed E-state index contributed by atoms with van der Waals surface area (Å²) < 4.78 is 33.3. The summed E-state index contributed by atoms with van der Waals surface area (Å²) in [7, 11) is -2.66. The van der Waals surface area contributed by atoms with Gasteiger partial charge in [0.15, 0.2) is 6.10 Å². The maximum Gasteiger partial charge on any atom is 0.472 e. The van der Waals surface area contributed by atoms with Gasteiger partial charge < -0.3 is 19.7 Å². The van der Waals surface area contributed by atoms with Crippen molar-refractivity contribution in [2.45, 2.75) is 225 Å². The van der Waals surface area contributed by atoms with E-state index in [4.69, 9.17) is 18.5 Å². The molecule has 60 heavy (non-hydrogen) atoms. The Morgan fingerprint density at radius 3 is 1.37 bits per heavy atom. The first kappa shape index (κ1) is 58.0. The number of rotatable bonds is 46. The second kappa shape index (κ2) is 46.5. The lowest BCUT2D eigenvalue weighted by atomic mass is 10.0. The van der Waals surface area contributed by atoms with Crippen LogP contribution >= 0.6 is 7.82 Å². The summed E-state index contributed by atoms with van der Waals surface area (Å²) in [5.41, 5.74) is 0. The first-order chi connectivity index (χ1) is 29.3. The number of phosphoric acid groups is 1. The average Bonchev–Trinajstić information content (AvgIpc) is 3.23. The van der Waals surface area contributed by atoms with Crippen LogP contribution in [0, 0.1) is 0 Å². The third-order valence-electron chi connectivity index (χ3n) is 10.5. The Balaban J connectivity index is 4.19. The monoisotopic (exact) mass is 866 g/mol. The number of ether oxygens (including phenoxy) is 2. The quantitative estimate of drug-likeness (QED) is 0.0267. The minimum atomic E-state index is -4.36. The molecule has 0 fully saturated rings. The zero-order valence-corrected chi connectivity index (χ0v) is 39.8. The molecular weight excluding hydrogens is 774 g/mol. The molecule has 10 heteroatoms. The third kappa shape index (κ3) is 45.5. The minimum absolute atomic E-state index is 0.0223. The molecule has 0 aromatic rings. The van der Waals surface area contributed by atoms with E-state index in [0.29, 0.717) is 19.4 Å². The van der Waals surface area contributed by atoms with E-state index in [1.807, 2.05) is 0 Å². The van der Waals surface area contributed by atoms with Gasteiger partial charge in [-0.05, 0) is 64.8 Å². The molecule has 0 rings (SSSR count). The first-order valence-corrected chi connectivity index (χ1v) is 26.1. The van der Waals surface area contributed by atoms with Crippen molar-refractivity contribution >= 4 is 19.8 Å². The van der Waals surface area contributed by atoms with Crippen molar-refractivity contribution in [3.8, 4) is 0 Å². The van der Waals surface area contributed by atoms with Crippen LogP contribution in [0.1, 0.15) is 219 Å². The van der Waals surface area contributed by atoms with Gasteiger partial charge in [0, 0.05) is 19.4 Å². The largest absolute Gasteiger partial charge is 0.472 e. The lowest BCUT2D eigenvalue weighted by Crippen LogP contribution is -2.29. The van der Waals surface area contributed by atoms with Crippen LogP contribution in [0.2, 0.25) is 0 Å². The topological polar surface area (TPSA) is 120 Å². The molecule has 0 aliphatic rings. The highest BCUT2D eigenvalue weighted by molar-refractivity contribution is 7.47. The molecule has 2 N–H and O–H groups in total. The van der Waals surface area contributed by atoms with Crippen LogP contribution in [-0.2, 0) is 32.7 Å². The summed E-state index contributed by atoms with van der Waals surface area (Å²) in [5, 5.41) is 2.83. The molecule has 0 bridgehead atoms. The van der Waals surface area contributed by atoms with Gasteiger partial charge in [-0.25, -0.2) is 4.57 Å². The Hall–Kier alpha value is -2.03. The highest BCUT2D eigenvalue weighted by Crippen LogP contribution is 2.43. The number of nitrogens with one attached hydrogen (secondary N) is 1. The molecule has 0 saturated carbocycles. The van der Waals surface area contributed by atoms with Crippen LogP contribution in [0.5, 0.6) is 0 Å². The number of unbranched alkanes of at least 4 members (excludes halogenated alkanes) is 24. The number of carbonyl (C=O) groups is 2. The first-order valence-electron chi connectivity index (χ1n) is 24.6. The number of phosphoric ester groups is 1. The van der Waals surface area contributed by atoms with Gasteiger partial charge in [0.25, 0.3) is 0 Å². The molecule has 2 unspecified atom stereocenters. The van der Waals surface area contributed by atoms with E-state index in [-0.39, 0.29) is 26.1 Å². The van der Waals surface area contributed by atoms with Gasteiger partial charge in [0.2, 0.25) is 0 Å². The van der Waals surface area contributed by atoms with Crippen molar-refractivity contribution in [3.63, 3.8) is 0 Å². The number of esters is 2. The lowest BCUT2D eigenvalue weighted by molar-refractivity contribution is -0.161. The van der Waals surface area contributed by atoms with Gasteiger partial charge in [-0.3, -0.25) is 18.6 Å². The van der Waals surface area contributed by atoms with Crippen LogP contribution in [0.3, 0.4) is 0 Å². The number of carbonyl (C=O) groups excluding carboxylic acids is 2. The van der Waals surface area contributed by atoms with Gasteiger partial charge in [-0.15, -0.1) is 0 Å². The smallest absolute Gasteiger partial charge is 0.462 e. The second-order valence-electron chi connectivity index (χ2n) is 16.3. The Labute approximate surface area is 369 Å². The molecule has 350 valence electrons. The summed E-state index contributed by atoms with van der Waals surface area (Å²) >= 11 is 0. The fraction of sp³-hybridized carbons (Fsp3) is 0.800. The Morgan fingerprint density at radius 2 is 0.900 bits per heavy atom. The minimum Gasteiger partial charge on any atom is -0.462 e. The van der Waals surface area contributed by atoms with Gasteiger partial charge in [-0.2, -0.15) is 0 Å². The van der Waals surface area contributed by atoms with Crippen LogP contribution in [0.15, 0.2) is 48.6 Å². The van der Waals surface area contributed by atoms with Crippen molar-refractivity contribution in [1.82, 2.24) is 5.32 Å². The molecule has 0 saturated heterocycles. The Bertz CT molecular complexity index is 1120. The molecule has 0 aromatic heterocycles. The standard InChI is InChI=1S/C50H92NO8P/c1-4-6-8-10-12-14-16-18-20-22-24-26-28-30-32-34-36-38-40-42-49(52)56-46-48(47-58-60(54,55)57-45-44-51-3)59-50(53)43-41-39-37-35-33-31-29-27-25-23-21-19-17-15-13-11-9-7-5-2/h12,14,18,20,24,26,30,32,48,51H,4-11,13,15-17,19,21-23,25,27-29,31,33-47H2,1-3H3,(H,54,55)/b14-12-,20-18-,26-24-,32-30-. The zero-order chi connectivity index (χ0) is 43.9. The van der Waals surface area contributed by atoms with Gasteiger partial charge in [0.05, 0.1) is 13.2 Å². The summed E-state index contributed by atoms with van der Waals surface area (Å²) in [4.78, 5) is 35.2. The van der Waals surface area contributed by atoms with Crippen LogP contribution in [0.25, 0.3) is 0 Å². The molecule has 9 nitrogen and oxygen atoms in total. The molecule has 0 aromatic carbocycles. The van der Waals surface area contributed by atoms with Crippen molar-refractivity contribution in [2.24, 2.45) is 0 Å². The maximum absolute atomic E-state index is 12.7. The van der Waals surface area contributed by atoms with Crippen molar-refractivity contribution < 1.29 is 37.6 Å². The SMILES string of the molecule is CCCCC/C=C\C/C=C\C/C=C\C/C=C\CCCCCC(=O)OCC(COP(=O)(O)OCCNC)OC(=O)CCCCCCCCCCCCCCCCCCCCC. The van der Waals surface area contributed by atoms with Gasteiger partial charge in [0.1, 0.15) is 6.61 Å². The zero-order valence-electron chi connectivity index (χ0n) is 38.9. The highest BCUT2D eigenvalue weighted by Gasteiger charge is 2.26. The molecule has 0 aliphatic carbocycles. The average molecular weight is 866 g/mol. The Morgan fingerprint density at radius 1 is 0.517 bits per heavy atom. The normalized spacial score (nSPS) is 13.6. The molecule has 0 aliphatic heterocycles. The number of allylic oxidation sites excluding steroid dienone is 8. The molecule has 0 heterocycles. The highest BCUT2D eigenvalue weighted by atomic mass is 31.2. The fourth-order valence-electron chi connectivity index (χ4n) is 6.71. The van der Waals surface area contributed by atoms with Crippen LogP contribution in [0.4, 0.5) is 0 Å². The van der Waals surface area contributed by atoms with Crippen LogP contribution in [-0.4, -0.2) is 56.3 Å². The summed E-state index contributed by atoms with van der Waals surface area (Å²) in [6.45, 7) is 4.19. The molecule has 0 amide bonds. The predicted molar refractivity (Wildman–Crippen MR) is 252 cm³/mol. The number of hydrogen-bond acceptors (Lipinski definition) is 8. The van der Waals surface area contributed by atoms with E-state index in [1.54, 1.807) is 7.05 Å². The molecular formula is C50H92NO8P. The van der Waals surface area contributed by atoms with E-state index < -0.39 is 32.5 Å². The molecule has 2 atom stereocenters. The van der Waals surface area contributed by atoms with E-state index in [0.717, 1.165) is 51.4 Å². The second-order valence-corrected chi connectivity index (χ2v) is 17.8. The number of likely N-dealkylation sites (N-methyl/N-ethyl adjacent to an activating group) is 1. The third-order valence-corrected chi connectivity index (χ3v) is 11.4.